The lowest BCUT2D eigenvalue weighted by Gasteiger charge is -2.37. The molecule has 166 valence electrons. The predicted molar refractivity (Wildman–Crippen MR) is 124 cm³/mol. The van der Waals surface area contributed by atoms with Crippen molar-refractivity contribution >= 4 is 23.2 Å². The molecular weight excluding hydrogens is 408 g/mol. The summed E-state index contributed by atoms with van der Waals surface area (Å²) in [5, 5.41) is 3.15. The van der Waals surface area contributed by atoms with E-state index in [1.807, 2.05) is 30.0 Å². The van der Waals surface area contributed by atoms with Gasteiger partial charge >= 0.3 is 0 Å². The molecule has 1 aromatic carbocycles. The highest BCUT2D eigenvalue weighted by molar-refractivity contribution is 7.13. The molecule has 3 heterocycles. The molecule has 1 N–H and O–H groups in total. The van der Waals surface area contributed by atoms with E-state index in [1.165, 1.54) is 16.9 Å². The van der Waals surface area contributed by atoms with Crippen LogP contribution in [0.2, 0.25) is 0 Å². The summed E-state index contributed by atoms with van der Waals surface area (Å²) in [6.45, 7) is 8.63. The van der Waals surface area contributed by atoms with Gasteiger partial charge in [-0.25, -0.2) is 0 Å². The third-order valence-corrected chi connectivity index (χ3v) is 7.22. The summed E-state index contributed by atoms with van der Waals surface area (Å²) < 4.78 is 0. The first-order chi connectivity index (χ1) is 15.1. The van der Waals surface area contributed by atoms with Gasteiger partial charge in [-0.05, 0) is 37.5 Å². The summed E-state index contributed by atoms with van der Waals surface area (Å²) in [7, 11) is 0. The Bertz CT molecular complexity index is 869. The molecule has 0 bridgehead atoms. The zero-order valence-corrected chi connectivity index (χ0v) is 19.1. The number of hydrogen-bond acceptors (Lipinski definition) is 5. The highest BCUT2D eigenvalue weighted by atomic mass is 32.1. The number of piperidine rings is 1. The molecule has 0 saturated carbocycles. The van der Waals surface area contributed by atoms with Crippen molar-refractivity contribution in [2.45, 2.75) is 32.4 Å². The Morgan fingerprint density at radius 2 is 1.65 bits per heavy atom. The topological polar surface area (TPSA) is 55.9 Å². The zero-order chi connectivity index (χ0) is 21.6. The molecule has 2 aliphatic heterocycles. The van der Waals surface area contributed by atoms with Gasteiger partial charge in [0.1, 0.15) is 0 Å². The molecule has 2 saturated heterocycles. The van der Waals surface area contributed by atoms with E-state index in [0.717, 1.165) is 68.4 Å². The first kappa shape index (κ1) is 22.0. The maximum absolute atomic E-state index is 12.8. The van der Waals surface area contributed by atoms with E-state index in [2.05, 4.69) is 39.4 Å². The molecular formula is C24H32N4O2S. The Morgan fingerprint density at radius 1 is 0.935 bits per heavy atom. The molecule has 2 aromatic rings. The predicted octanol–water partition coefficient (Wildman–Crippen LogP) is 2.60. The van der Waals surface area contributed by atoms with Crippen LogP contribution in [-0.2, 0) is 11.3 Å². The Kier molecular flexibility index (Phi) is 7.37. The number of thiophene rings is 1. The van der Waals surface area contributed by atoms with Crippen molar-refractivity contribution in [3.05, 3.63) is 57.8 Å². The Balaban J connectivity index is 1.15. The summed E-state index contributed by atoms with van der Waals surface area (Å²) in [5.41, 5.74) is 1.33. The number of nitrogens with one attached hydrogen (secondary N) is 1. The van der Waals surface area contributed by atoms with Gasteiger partial charge in [-0.1, -0.05) is 30.3 Å². The lowest BCUT2D eigenvalue weighted by molar-refractivity contribution is -0.134. The van der Waals surface area contributed by atoms with Crippen LogP contribution in [0.25, 0.3) is 0 Å². The van der Waals surface area contributed by atoms with Crippen LogP contribution in [0.3, 0.4) is 0 Å². The van der Waals surface area contributed by atoms with E-state index in [-0.39, 0.29) is 17.9 Å². The second-order valence-electron chi connectivity index (χ2n) is 8.58. The van der Waals surface area contributed by atoms with Crippen LogP contribution < -0.4 is 5.32 Å². The molecule has 0 atom stereocenters. The van der Waals surface area contributed by atoms with E-state index in [4.69, 9.17) is 0 Å². The van der Waals surface area contributed by atoms with Gasteiger partial charge in [0.15, 0.2) is 0 Å². The normalized spacial score (nSPS) is 18.8. The summed E-state index contributed by atoms with van der Waals surface area (Å²) in [6, 6.07) is 14.6. The molecule has 1 aromatic heterocycles. The number of likely N-dealkylation sites (tertiary alicyclic amines) is 1. The molecule has 2 fully saturated rings. The minimum atomic E-state index is 0.0287. The van der Waals surface area contributed by atoms with E-state index >= 15 is 0 Å². The van der Waals surface area contributed by atoms with Crippen molar-refractivity contribution in [3.63, 3.8) is 0 Å². The van der Waals surface area contributed by atoms with E-state index < -0.39 is 0 Å². The fraction of sp³-hybridized carbons (Fsp3) is 0.500. The summed E-state index contributed by atoms with van der Waals surface area (Å²) in [6.07, 6.45) is 1.79. The van der Waals surface area contributed by atoms with Crippen molar-refractivity contribution in [2.75, 3.05) is 45.8 Å². The molecule has 6 nitrogen and oxygen atoms in total. The first-order valence-corrected chi connectivity index (χ1v) is 12.0. The molecule has 2 aliphatic rings. The SMILES string of the molecule is Cc1ccc(C(=O)NC2CCN(CC(=O)N3CCN(Cc4ccccc4)CC3)CC2)s1. The van der Waals surface area contributed by atoms with Gasteiger partial charge in [0.25, 0.3) is 5.91 Å². The van der Waals surface area contributed by atoms with E-state index in [1.54, 1.807) is 0 Å². The summed E-state index contributed by atoms with van der Waals surface area (Å²) in [5.74, 6) is 0.261. The molecule has 4 rings (SSSR count). The van der Waals surface area contributed by atoms with Gasteiger partial charge in [0, 0.05) is 56.7 Å². The van der Waals surface area contributed by atoms with Crippen molar-refractivity contribution in [2.24, 2.45) is 0 Å². The van der Waals surface area contributed by atoms with E-state index in [0.29, 0.717) is 6.54 Å². The van der Waals surface area contributed by atoms with Crippen LogP contribution in [0.15, 0.2) is 42.5 Å². The number of benzene rings is 1. The smallest absolute Gasteiger partial charge is 0.261 e. The van der Waals surface area contributed by atoms with E-state index in [9.17, 15) is 9.59 Å². The van der Waals surface area contributed by atoms with Crippen LogP contribution >= 0.6 is 11.3 Å². The number of aryl methyl sites for hydroxylation is 1. The number of carbonyl (C=O) groups is 2. The monoisotopic (exact) mass is 440 g/mol. The minimum Gasteiger partial charge on any atom is -0.349 e. The molecule has 0 radical (unpaired) electrons. The second-order valence-corrected chi connectivity index (χ2v) is 9.86. The fourth-order valence-corrected chi connectivity index (χ4v) is 5.11. The minimum absolute atomic E-state index is 0.0287. The molecule has 2 amide bonds. The maximum atomic E-state index is 12.8. The Morgan fingerprint density at radius 3 is 2.29 bits per heavy atom. The molecule has 0 spiro atoms. The number of amides is 2. The number of rotatable bonds is 6. The average molecular weight is 441 g/mol. The van der Waals surface area contributed by atoms with Crippen molar-refractivity contribution in [1.82, 2.24) is 20.0 Å². The Hall–Kier alpha value is -2.22. The molecule has 0 unspecified atom stereocenters. The second kappa shape index (κ2) is 10.4. The van der Waals surface area contributed by atoms with Crippen molar-refractivity contribution in [3.8, 4) is 0 Å². The fourth-order valence-electron chi connectivity index (χ4n) is 4.34. The number of carbonyl (C=O) groups excluding carboxylic acids is 2. The number of piperazine rings is 1. The van der Waals surface area contributed by atoms with Gasteiger partial charge < -0.3 is 10.2 Å². The molecule has 31 heavy (non-hydrogen) atoms. The lowest BCUT2D eigenvalue weighted by atomic mass is 10.0. The third-order valence-electron chi connectivity index (χ3n) is 6.22. The zero-order valence-electron chi connectivity index (χ0n) is 18.3. The third kappa shape index (κ3) is 6.15. The average Bonchev–Trinajstić information content (AvgIpc) is 3.23. The highest BCUT2D eigenvalue weighted by Gasteiger charge is 2.26. The molecule has 0 aliphatic carbocycles. The van der Waals surface area contributed by atoms with Crippen LogP contribution in [0.4, 0.5) is 0 Å². The van der Waals surface area contributed by atoms with Crippen molar-refractivity contribution in [1.29, 1.82) is 0 Å². The number of nitrogens with zero attached hydrogens (tertiary/aromatic N) is 3. The first-order valence-electron chi connectivity index (χ1n) is 11.2. The van der Waals surface area contributed by atoms with Crippen LogP contribution in [0, 0.1) is 6.92 Å². The van der Waals surface area contributed by atoms with Crippen LogP contribution in [0.1, 0.15) is 33.0 Å². The largest absolute Gasteiger partial charge is 0.349 e. The van der Waals surface area contributed by atoms with Crippen LogP contribution in [-0.4, -0.2) is 78.4 Å². The van der Waals surface area contributed by atoms with Gasteiger partial charge in [-0.3, -0.25) is 19.4 Å². The summed E-state index contributed by atoms with van der Waals surface area (Å²) >= 11 is 1.53. The molecule has 7 heteroatoms. The number of hydrogen-bond donors (Lipinski definition) is 1. The maximum Gasteiger partial charge on any atom is 0.261 e. The van der Waals surface area contributed by atoms with Crippen LogP contribution in [0.5, 0.6) is 0 Å². The quantitative estimate of drug-likeness (QED) is 0.750. The van der Waals surface area contributed by atoms with Gasteiger partial charge in [0.05, 0.1) is 11.4 Å². The van der Waals surface area contributed by atoms with Crippen molar-refractivity contribution < 1.29 is 9.59 Å². The van der Waals surface area contributed by atoms with Gasteiger partial charge in [0.2, 0.25) is 5.91 Å². The highest BCUT2D eigenvalue weighted by Crippen LogP contribution is 2.17. The van der Waals surface area contributed by atoms with Gasteiger partial charge in [-0.15, -0.1) is 11.3 Å². The Labute approximate surface area is 188 Å². The lowest BCUT2D eigenvalue weighted by Crippen LogP contribution is -2.52. The van der Waals surface area contributed by atoms with Gasteiger partial charge in [-0.2, -0.15) is 0 Å². The summed E-state index contributed by atoms with van der Waals surface area (Å²) in [4.78, 5) is 33.7. The standard InChI is InChI=1S/C24H32N4O2S/c1-19-7-8-22(31-19)24(30)25-21-9-11-26(12-10-21)18-23(29)28-15-13-27(14-16-28)17-20-5-3-2-4-6-20/h2-8,21H,9-18H2,1H3,(H,25,30).